The predicted octanol–water partition coefficient (Wildman–Crippen LogP) is 4.16. The Bertz CT molecular complexity index is 775. The van der Waals surface area contributed by atoms with Gasteiger partial charge in [0.25, 0.3) is 0 Å². The Morgan fingerprint density at radius 1 is 1.32 bits per heavy atom. The van der Waals surface area contributed by atoms with Crippen molar-refractivity contribution < 1.29 is 13.6 Å². The number of thiazole rings is 1. The zero-order chi connectivity index (χ0) is 18.5. The first-order chi connectivity index (χ1) is 12.5. The molecule has 2 aromatic rings. The zero-order valence-electron chi connectivity index (χ0n) is 15.5. The van der Waals surface area contributed by atoms with Gasteiger partial charge in [-0.2, -0.15) is 0 Å². The van der Waals surface area contributed by atoms with Gasteiger partial charge in [-0.25, -0.2) is 13.8 Å². The molecule has 0 radical (unpaired) electrons. The number of amides is 1. The van der Waals surface area contributed by atoms with E-state index in [4.69, 9.17) is 0 Å². The van der Waals surface area contributed by atoms with Gasteiger partial charge in [-0.15, -0.1) is 36.2 Å². The number of carbonyl (C=O) groups is 1. The Morgan fingerprint density at radius 2 is 2.11 bits per heavy atom. The van der Waals surface area contributed by atoms with Gasteiger partial charge in [0.15, 0.2) is 11.6 Å². The molecule has 1 aliphatic rings. The molecule has 2 unspecified atom stereocenters. The van der Waals surface area contributed by atoms with E-state index in [0.29, 0.717) is 13.0 Å². The number of halogens is 4. The molecule has 0 aliphatic carbocycles. The van der Waals surface area contributed by atoms with Crippen molar-refractivity contribution in [2.24, 2.45) is 0 Å². The number of hydrogen-bond acceptors (Lipinski definition) is 4. The van der Waals surface area contributed by atoms with Gasteiger partial charge in [0.1, 0.15) is 0 Å². The van der Waals surface area contributed by atoms with Crippen molar-refractivity contribution in [2.75, 3.05) is 13.1 Å². The second kappa shape index (κ2) is 11.7. The number of aryl methyl sites for hydroxylation is 2. The number of nitrogens with one attached hydrogen (secondary N) is 2. The molecule has 2 N–H and O–H groups in total. The largest absolute Gasteiger partial charge is 0.351 e. The topological polar surface area (TPSA) is 54.0 Å². The monoisotopic (exact) mass is 451 g/mol. The van der Waals surface area contributed by atoms with Crippen LogP contribution in [-0.2, 0) is 11.2 Å². The normalized spacial score (nSPS) is 18.7. The quantitative estimate of drug-likeness (QED) is 0.692. The van der Waals surface area contributed by atoms with Crippen LogP contribution in [0.1, 0.15) is 41.4 Å². The molecule has 1 fully saturated rings. The van der Waals surface area contributed by atoms with Crippen LogP contribution in [0.25, 0.3) is 0 Å². The van der Waals surface area contributed by atoms with Gasteiger partial charge in [0, 0.05) is 30.3 Å². The summed E-state index contributed by atoms with van der Waals surface area (Å²) in [4.78, 5) is 16.7. The van der Waals surface area contributed by atoms with Crippen molar-refractivity contribution >= 4 is 42.1 Å². The number of aromatic nitrogens is 1. The van der Waals surface area contributed by atoms with Crippen LogP contribution >= 0.6 is 36.2 Å². The van der Waals surface area contributed by atoms with E-state index < -0.39 is 11.6 Å². The summed E-state index contributed by atoms with van der Waals surface area (Å²) in [6, 6.07) is 3.89. The van der Waals surface area contributed by atoms with Crippen LogP contribution < -0.4 is 10.6 Å². The Balaban J connectivity index is 0.00000196. The maximum atomic E-state index is 13.6. The third-order valence-electron chi connectivity index (χ3n) is 4.70. The van der Waals surface area contributed by atoms with E-state index in [-0.39, 0.29) is 42.7 Å². The Labute approximate surface area is 180 Å². The maximum Gasteiger partial charge on any atom is 0.220 e. The lowest BCUT2D eigenvalue weighted by Gasteiger charge is -2.33. The van der Waals surface area contributed by atoms with Gasteiger partial charge in [-0.3, -0.25) is 4.79 Å². The van der Waals surface area contributed by atoms with Crippen LogP contribution in [-0.4, -0.2) is 30.0 Å². The summed E-state index contributed by atoms with van der Waals surface area (Å²) in [5.41, 5.74) is 1.76. The van der Waals surface area contributed by atoms with E-state index in [1.165, 1.54) is 6.07 Å². The smallest absolute Gasteiger partial charge is 0.220 e. The third kappa shape index (κ3) is 6.65. The summed E-state index contributed by atoms with van der Waals surface area (Å²) >= 11 is 1.61. The van der Waals surface area contributed by atoms with E-state index in [9.17, 15) is 13.6 Å². The summed E-state index contributed by atoms with van der Waals surface area (Å²) in [7, 11) is 0. The van der Waals surface area contributed by atoms with Crippen molar-refractivity contribution in [3.8, 4) is 0 Å². The molecule has 0 spiro atoms. The number of nitrogens with zero attached hydrogens (tertiary/aromatic N) is 1. The van der Waals surface area contributed by atoms with E-state index in [1.807, 2.05) is 12.3 Å². The molecule has 4 nitrogen and oxygen atoms in total. The molecule has 2 atom stereocenters. The molecule has 2 heterocycles. The fourth-order valence-electron chi connectivity index (χ4n) is 3.38. The fraction of sp³-hybridized carbons (Fsp3) is 0.474. The van der Waals surface area contributed by atoms with Crippen LogP contribution in [0.5, 0.6) is 0 Å². The molecule has 1 amide bonds. The van der Waals surface area contributed by atoms with Gasteiger partial charge in [0.05, 0.1) is 10.7 Å². The van der Waals surface area contributed by atoms with Gasteiger partial charge >= 0.3 is 0 Å². The fourth-order valence-corrected chi connectivity index (χ4v) is 4.03. The lowest BCUT2D eigenvalue weighted by molar-refractivity contribution is -0.122. The lowest BCUT2D eigenvalue weighted by atomic mass is 9.86. The van der Waals surface area contributed by atoms with Gasteiger partial charge in [-0.05, 0) is 50.4 Å². The summed E-state index contributed by atoms with van der Waals surface area (Å²) in [5, 5.41) is 9.38. The van der Waals surface area contributed by atoms with Gasteiger partial charge in [0.2, 0.25) is 5.91 Å². The molecule has 0 saturated carbocycles. The maximum absolute atomic E-state index is 13.6. The highest BCUT2D eigenvalue weighted by Gasteiger charge is 2.28. The second-order valence-corrected chi connectivity index (χ2v) is 7.72. The van der Waals surface area contributed by atoms with E-state index in [1.54, 1.807) is 17.4 Å². The number of piperidine rings is 1. The highest BCUT2D eigenvalue weighted by Crippen LogP contribution is 2.27. The number of hydrogen-bond donors (Lipinski definition) is 2. The van der Waals surface area contributed by atoms with Gasteiger partial charge in [-0.1, -0.05) is 6.07 Å². The van der Waals surface area contributed by atoms with E-state index in [2.05, 4.69) is 15.6 Å². The van der Waals surface area contributed by atoms with Crippen molar-refractivity contribution in [1.82, 2.24) is 15.6 Å². The van der Waals surface area contributed by atoms with Crippen LogP contribution in [0, 0.1) is 18.6 Å². The van der Waals surface area contributed by atoms with E-state index in [0.717, 1.165) is 48.1 Å². The minimum absolute atomic E-state index is 0. The first kappa shape index (κ1) is 24.8. The second-order valence-electron chi connectivity index (χ2n) is 6.66. The predicted molar refractivity (Wildman–Crippen MR) is 113 cm³/mol. The minimum atomic E-state index is -0.847. The Kier molecular flexibility index (Phi) is 10.3. The third-order valence-corrected chi connectivity index (χ3v) is 5.53. The highest BCUT2D eigenvalue weighted by molar-refractivity contribution is 7.09. The number of carbonyl (C=O) groups excluding carboxylic acids is 1. The average Bonchev–Trinajstić information content (AvgIpc) is 3.03. The van der Waals surface area contributed by atoms with Crippen LogP contribution in [0.2, 0.25) is 0 Å². The summed E-state index contributed by atoms with van der Waals surface area (Å²) in [5.74, 6) is -1.72. The molecule has 1 aromatic carbocycles. The Hall–Kier alpha value is -1.28. The summed E-state index contributed by atoms with van der Waals surface area (Å²) in [6.07, 6.45) is 2.73. The SMILES string of the molecule is Cc1nc(CCCC(=O)NC2CNCCC2c2ccc(F)c(F)c2)cs1.Cl.Cl. The summed E-state index contributed by atoms with van der Waals surface area (Å²) in [6.45, 7) is 3.38. The molecule has 1 aliphatic heterocycles. The molecule has 1 aromatic heterocycles. The van der Waals surface area contributed by atoms with Gasteiger partial charge < -0.3 is 10.6 Å². The molecule has 156 valence electrons. The average molecular weight is 452 g/mol. The number of rotatable bonds is 6. The van der Waals surface area contributed by atoms with Crippen LogP contribution in [0.3, 0.4) is 0 Å². The molecule has 3 rings (SSSR count). The standard InChI is InChI=1S/C19H23F2N3OS.2ClH/c1-12-23-14(11-26-12)3-2-4-19(25)24-18-10-22-8-7-15(18)13-5-6-16(20)17(21)9-13;;/h5-6,9,11,15,18,22H,2-4,7-8,10H2,1H3,(H,24,25);2*1H. The summed E-state index contributed by atoms with van der Waals surface area (Å²) < 4.78 is 26.8. The molecule has 1 saturated heterocycles. The first-order valence-corrected chi connectivity index (χ1v) is 9.77. The van der Waals surface area contributed by atoms with Crippen molar-refractivity contribution in [1.29, 1.82) is 0 Å². The van der Waals surface area contributed by atoms with Crippen molar-refractivity contribution in [3.05, 3.63) is 51.5 Å². The molecule has 0 bridgehead atoms. The molecular weight excluding hydrogens is 427 g/mol. The number of benzene rings is 1. The molecule has 9 heteroatoms. The zero-order valence-corrected chi connectivity index (χ0v) is 18.0. The van der Waals surface area contributed by atoms with Crippen LogP contribution in [0.15, 0.2) is 23.6 Å². The minimum Gasteiger partial charge on any atom is -0.351 e. The van der Waals surface area contributed by atoms with Crippen molar-refractivity contribution in [2.45, 2.75) is 44.6 Å². The lowest BCUT2D eigenvalue weighted by Crippen LogP contribution is -2.50. The molecular formula is C19H25Cl2F2N3OS. The molecule has 28 heavy (non-hydrogen) atoms. The van der Waals surface area contributed by atoms with E-state index >= 15 is 0 Å². The Morgan fingerprint density at radius 3 is 2.79 bits per heavy atom. The first-order valence-electron chi connectivity index (χ1n) is 8.89. The van der Waals surface area contributed by atoms with Crippen molar-refractivity contribution in [3.63, 3.8) is 0 Å². The van der Waals surface area contributed by atoms with Crippen LogP contribution in [0.4, 0.5) is 8.78 Å². The highest BCUT2D eigenvalue weighted by atomic mass is 35.5.